The summed E-state index contributed by atoms with van der Waals surface area (Å²) in [6.45, 7) is 31.5. The number of allylic oxidation sites excluding steroid dienone is 3. The van der Waals surface area contributed by atoms with E-state index in [2.05, 4.69) is 135 Å². The Hall–Kier alpha value is -4.57. The first kappa shape index (κ1) is 58.9. The molecular formula is C35H32Cu3FeN9. The Kier molecular flexibility index (Phi) is 45.3. The Morgan fingerprint density at radius 1 is 0.542 bits per heavy atom. The zero-order valence-electron chi connectivity index (χ0n) is 26.6. The number of nitrogens with one attached hydrogen (secondary N) is 1. The molecule has 0 heterocycles. The van der Waals surface area contributed by atoms with Crippen LogP contribution in [0.5, 0.6) is 0 Å². The number of hydrogen-bond acceptors (Lipinski definition) is 8. The number of benzene rings is 3. The van der Waals surface area contributed by atoms with E-state index >= 15 is 0 Å². The van der Waals surface area contributed by atoms with Crippen molar-refractivity contribution in [1.82, 2.24) is 0 Å². The van der Waals surface area contributed by atoms with E-state index in [4.69, 9.17) is 71.0 Å². The van der Waals surface area contributed by atoms with E-state index < -0.39 is 0 Å². The van der Waals surface area contributed by atoms with Crippen LogP contribution in [0.1, 0.15) is 29.2 Å². The summed E-state index contributed by atoms with van der Waals surface area (Å²) in [4.78, 5) is 7.79. The third-order valence-corrected chi connectivity index (χ3v) is 5.91. The molecule has 0 aromatic heterocycles. The molecule has 0 amide bonds. The van der Waals surface area contributed by atoms with Gasteiger partial charge in [0.15, 0.2) is 0 Å². The largest absolute Gasteiger partial charge is 2.00 e. The molecule has 258 valence electrons. The maximum absolute atomic E-state index is 6.25. The molecule has 1 aliphatic carbocycles. The van der Waals surface area contributed by atoms with Crippen LogP contribution in [-0.2, 0) is 68.3 Å². The third-order valence-electron chi connectivity index (χ3n) is 5.91. The minimum atomic E-state index is 0. The van der Waals surface area contributed by atoms with Crippen LogP contribution >= 0.6 is 0 Å². The van der Waals surface area contributed by atoms with Crippen molar-refractivity contribution in [3.63, 3.8) is 0 Å². The first-order valence-corrected chi connectivity index (χ1v) is 12.5. The second-order valence-electron chi connectivity index (χ2n) is 8.49. The van der Waals surface area contributed by atoms with Gasteiger partial charge in [-0.3, -0.25) is 0 Å². The van der Waals surface area contributed by atoms with Gasteiger partial charge >= 0.3 is 68.3 Å². The quantitative estimate of drug-likeness (QED) is 0.283. The average Bonchev–Trinajstić information content (AvgIpc) is 3.11. The van der Waals surface area contributed by atoms with Crippen LogP contribution in [-0.4, -0.2) is 40.4 Å². The molecular weight excluding hydrogens is 793 g/mol. The van der Waals surface area contributed by atoms with E-state index in [1.807, 2.05) is 0 Å². The molecule has 13 heteroatoms. The van der Waals surface area contributed by atoms with Gasteiger partial charge < -0.3 is 80.8 Å². The number of hydrogen-bond donors (Lipinski definition) is 1. The summed E-state index contributed by atoms with van der Waals surface area (Å²) in [6, 6.07) is 26.4. The summed E-state index contributed by atoms with van der Waals surface area (Å²) in [5.74, 6) is 0. The molecule has 9 nitrogen and oxygen atoms in total. The Morgan fingerprint density at radius 2 is 0.875 bits per heavy atom. The smallest absolute Gasteiger partial charge is 0.512 e. The summed E-state index contributed by atoms with van der Waals surface area (Å²) in [7, 11) is 8.30. The summed E-state index contributed by atoms with van der Waals surface area (Å²) in [5, 5.41) is 37.5. The predicted octanol–water partition coefficient (Wildman–Crippen LogP) is 4.81. The molecule has 0 saturated carbocycles. The van der Waals surface area contributed by atoms with E-state index in [0.29, 0.717) is 0 Å². The normalized spacial score (nSPS) is 9.44. The molecule has 4 rings (SSSR count). The molecule has 1 N–H and O–H groups in total. The number of fused-ring (bicyclic) bond motifs is 1. The van der Waals surface area contributed by atoms with Gasteiger partial charge in [-0.15, -0.1) is 0 Å². The second-order valence-corrected chi connectivity index (χ2v) is 8.49. The van der Waals surface area contributed by atoms with Crippen molar-refractivity contribution in [3.05, 3.63) is 147 Å². The fraction of sp³-hybridized carbons (Fsp3) is 0.171. The van der Waals surface area contributed by atoms with Gasteiger partial charge in [-0.2, -0.15) is 0 Å². The fourth-order valence-corrected chi connectivity index (χ4v) is 4.19. The van der Waals surface area contributed by atoms with Gasteiger partial charge in [-0.05, 0) is 71.2 Å². The van der Waals surface area contributed by atoms with Crippen molar-refractivity contribution < 1.29 is 73.3 Å². The van der Waals surface area contributed by atoms with E-state index in [1.165, 1.54) is 50.5 Å². The van der Waals surface area contributed by atoms with Crippen LogP contribution in [0.4, 0.5) is 11.4 Å². The average molecular weight is 825 g/mol. The molecule has 3 aromatic carbocycles. The van der Waals surface area contributed by atoms with Crippen LogP contribution in [0, 0.1) is 71.0 Å². The van der Waals surface area contributed by atoms with Gasteiger partial charge in [0.05, 0.1) is 5.56 Å². The Bertz CT molecular complexity index is 1380. The van der Waals surface area contributed by atoms with Gasteiger partial charge in [0.25, 0.3) is 0 Å². The van der Waals surface area contributed by atoms with Crippen molar-refractivity contribution in [3.8, 4) is 0 Å². The van der Waals surface area contributed by atoms with Crippen molar-refractivity contribution in [2.45, 2.75) is 6.92 Å². The first-order valence-electron chi connectivity index (χ1n) is 12.5. The monoisotopic (exact) mass is 823 g/mol. The van der Waals surface area contributed by atoms with Crippen molar-refractivity contribution >= 4 is 28.2 Å². The Labute approximate surface area is 329 Å². The standard InChI is InChI=1S/C29H31N3.6CN.3Cu.Fe/c1-6-30-28-20-19-27(25-9-7-8-10-26(25)28)29(21-11-15-23(16-12-21)31(2)3)22-13-17-24(18-14-22)32(4)5;6*1-2;;;;/h7-20H,6H2,1-5H3;;;;;;;;;;/q;6*-1;3*+1;+2/p+1. The molecule has 0 atom stereocenters. The van der Waals surface area contributed by atoms with Crippen molar-refractivity contribution in [1.29, 1.82) is 31.6 Å². The Morgan fingerprint density at radius 3 is 1.19 bits per heavy atom. The van der Waals surface area contributed by atoms with E-state index in [0.717, 1.165) is 6.54 Å². The van der Waals surface area contributed by atoms with E-state index in [9.17, 15) is 0 Å². The molecule has 0 radical (unpaired) electrons. The van der Waals surface area contributed by atoms with Gasteiger partial charge in [-0.1, -0.05) is 42.5 Å². The molecule has 48 heavy (non-hydrogen) atoms. The van der Waals surface area contributed by atoms with Gasteiger partial charge in [0.2, 0.25) is 5.71 Å². The zero-order valence-corrected chi connectivity index (χ0v) is 30.6. The number of nitrogens with zero attached hydrogens (tertiary/aromatic N) is 8. The number of anilines is 2. The summed E-state index contributed by atoms with van der Waals surface area (Å²) in [6.07, 6.45) is 4.47. The van der Waals surface area contributed by atoms with Crippen LogP contribution in [0.3, 0.4) is 0 Å². The summed E-state index contributed by atoms with van der Waals surface area (Å²) in [5.41, 5.74) is 11.0. The molecule has 0 bridgehead atoms. The van der Waals surface area contributed by atoms with Gasteiger partial charge in [-0.25, -0.2) is 4.99 Å². The predicted molar refractivity (Wildman–Crippen MR) is 168 cm³/mol. The van der Waals surface area contributed by atoms with Crippen LogP contribution in [0.15, 0.2) is 84.9 Å². The topological polar surface area (TPSA) is 163 Å². The fourth-order valence-electron chi connectivity index (χ4n) is 4.19. The van der Waals surface area contributed by atoms with Gasteiger partial charge in [0, 0.05) is 45.6 Å². The molecule has 3 aromatic rings. The molecule has 0 saturated heterocycles. The van der Waals surface area contributed by atoms with Crippen LogP contribution in [0.2, 0.25) is 0 Å². The van der Waals surface area contributed by atoms with E-state index in [1.54, 1.807) is 0 Å². The van der Waals surface area contributed by atoms with E-state index in [-0.39, 0.29) is 68.3 Å². The maximum Gasteiger partial charge on any atom is 2.00 e. The first-order chi connectivity index (χ1) is 21.5. The van der Waals surface area contributed by atoms with Crippen LogP contribution in [0.25, 0.3) is 11.1 Å². The van der Waals surface area contributed by atoms with Gasteiger partial charge in [0.1, 0.15) is 6.54 Å². The van der Waals surface area contributed by atoms with Crippen LogP contribution < -0.4 is 14.8 Å². The summed E-state index contributed by atoms with van der Waals surface area (Å²) >= 11 is 0. The molecule has 0 aliphatic heterocycles. The molecule has 0 spiro atoms. The third kappa shape index (κ3) is 17.4. The SMILES string of the molecule is CC[NH+]=C1C=CC(=C(c2ccc(N(C)C)cc2)c2ccc(N(C)C)cc2)c2ccccc21.[C-]#N.[C-]#N.[C-]#N.[C-]#N.[C-]#N.[C-]#N.[Cu+].[Cu+].[Cu+].[Fe+2]. The summed E-state index contributed by atoms with van der Waals surface area (Å²) < 4.78 is 0. The Balaban J connectivity index is -0.000000190. The minimum Gasteiger partial charge on any atom is -0.512 e. The second kappa shape index (κ2) is 36.9. The number of rotatable bonds is 5. The van der Waals surface area contributed by atoms with Crippen molar-refractivity contribution in [2.24, 2.45) is 0 Å². The molecule has 1 aliphatic rings. The molecule has 0 fully saturated rings. The molecule has 0 unspecified atom stereocenters. The van der Waals surface area contributed by atoms with Crippen molar-refractivity contribution in [2.75, 3.05) is 44.5 Å². The maximum atomic E-state index is 6.25. The zero-order chi connectivity index (χ0) is 34.7. The minimum absolute atomic E-state index is 0.